The second-order valence-corrected chi connectivity index (χ2v) is 11.2. The Bertz CT molecular complexity index is 1130. The predicted octanol–water partition coefficient (Wildman–Crippen LogP) is 6.81. The van der Waals surface area contributed by atoms with E-state index in [2.05, 4.69) is 24.3 Å². The first-order valence-corrected chi connectivity index (χ1v) is 13.8. The van der Waals surface area contributed by atoms with Gasteiger partial charge in [0.25, 0.3) is 10.0 Å². The van der Waals surface area contributed by atoms with Gasteiger partial charge in [-0.05, 0) is 54.7 Å². The molecule has 0 aliphatic heterocycles. The highest BCUT2D eigenvalue weighted by molar-refractivity contribution is 7.91. The summed E-state index contributed by atoms with van der Waals surface area (Å²) in [6.45, 7) is 4.40. The van der Waals surface area contributed by atoms with Crippen LogP contribution in [0, 0.1) is 0 Å². The smallest absolute Gasteiger partial charge is 0.253 e. The molecular formula is C27H34N2O2S2. The van der Waals surface area contributed by atoms with E-state index in [0.29, 0.717) is 10.8 Å². The third-order valence-electron chi connectivity index (χ3n) is 5.64. The van der Waals surface area contributed by atoms with Gasteiger partial charge in [-0.25, -0.2) is 8.42 Å². The molecule has 1 aliphatic rings. The third kappa shape index (κ3) is 6.14. The average molecular weight is 483 g/mol. The molecule has 1 aliphatic carbocycles. The SMILES string of the molecule is CC.CN(C)c1ccc(-c2ccc(S(=O)(=O)N(Cc3ccccc3)[C@H]3CC=CCC3)s2)cc1. The number of hydrogen-bond donors (Lipinski definition) is 0. The van der Waals surface area contributed by atoms with Gasteiger partial charge in [0.15, 0.2) is 0 Å². The van der Waals surface area contributed by atoms with Crippen molar-refractivity contribution in [1.29, 1.82) is 0 Å². The van der Waals surface area contributed by atoms with Gasteiger partial charge in [0.2, 0.25) is 0 Å². The number of allylic oxidation sites excluding steroid dienone is 1. The van der Waals surface area contributed by atoms with Crippen LogP contribution in [-0.4, -0.2) is 32.9 Å². The van der Waals surface area contributed by atoms with Crippen molar-refractivity contribution >= 4 is 27.0 Å². The quantitative estimate of drug-likeness (QED) is 0.347. The summed E-state index contributed by atoms with van der Waals surface area (Å²) in [5.41, 5.74) is 3.16. The molecule has 0 radical (unpaired) electrons. The van der Waals surface area contributed by atoms with Gasteiger partial charge in [-0.15, -0.1) is 11.3 Å². The molecule has 4 rings (SSSR count). The second-order valence-electron chi connectivity index (χ2n) is 8.03. The van der Waals surface area contributed by atoms with E-state index in [1.807, 2.05) is 81.4 Å². The number of hydrogen-bond acceptors (Lipinski definition) is 4. The van der Waals surface area contributed by atoms with Crippen LogP contribution >= 0.6 is 11.3 Å². The standard InChI is InChI=1S/C25H28N2O2S2.C2H6/c1-26(2)22-15-13-21(14-16-22)24-17-18-25(30-24)31(28,29)27(23-11-7-4-8-12-23)19-20-9-5-3-6-10-20;1-2/h3-7,9-10,13-18,23H,8,11-12,19H2,1-2H3;1-2H3/t23-;/m0./s1. The van der Waals surface area contributed by atoms with Crippen LogP contribution in [0.5, 0.6) is 0 Å². The summed E-state index contributed by atoms with van der Waals surface area (Å²) in [5, 5.41) is 0. The molecule has 0 N–H and O–H groups in total. The van der Waals surface area contributed by atoms with E-state index >= 15 is 0 Å². The van der Waals surface area contributed by atoms with Crippen LogP contribution in [0.1, 0.15) is 38.7 Å². The second kappa shape index (κ2) is 11.6. The molecule has 0 saturated heterocycles. The van der Waals surface area contributed by atoms with Crippen LogP contribution in [0.4, 0.5) is 5.69 Å². The summed E-state index contributed by atoms with van der Waals surface area (Å²) < 4.78 is 29.6. The minimum atomic E-state index is -3.60. The first-order chi connectivity index (χ1) is 15.9. The minimum Gasteiger partial charge on any atom is -0.378 e. The van der Waals surface area contributed by atoms with Gasteiger partial charge >= 0.3 is 0 Å². The Morgan fingerprint density at radius 1 is 0.909 bits per heavy atom. The zero-order valence-electron chi connectivity index (χ0n) is 19.9. The van der Waals surface area contributed by atoms with Crippen LogP contribution in [0.25, 0.3) is 10.4 Å². The van der Waals surface area contributed by atoms with Crippen molar-refractivity contribution in [3.63, 3.8) is 0 Å². The maximum Gasteiger partial charge on any atom is 0.253 e. The van der Waals surface area contributed by atoms with Gasteiger partial charge in [0, 0.05) is 37.2 Å². The summed E-state index contributed by atoms with van der Waals surface area (Å²) in [6, 6.07) is 21.7. The van der Waals surface area contributed by atoms with Crippen molar-refractivity contribution in [1.82, 2.24) is 4.31 Å². The molecule has 2 aromatic carbocycles. The summed E-state index contributed by atoms with van der Waals surface area (Å²) in [4.78, 5) is 3.01. The Balaban J connectivity index is 0.00000149. The molecule has 4 nitrogen and oxygen atoms in total. The molecule has 176 valence electrons. The van der Waals surface area contributed by atoms with Gasteiger partial charge in [0.1, 0.15) is 4.21 Å². The third-order valence-corrected chi connectivity index (χ3v) is 9.14. The van der Waals surface area contributed by atoms with Crippen molar-refractivity contribution < 1.29 is 8.42 Å². The Morgan fingerprint density at radius 2 is 1.61 bits per heavy atom. The number of rotatable bonds is 7. The molecule has 0 amide bonds. The summed E-state index contributed by atoms with van der Waals surface area (Å²) >= 11 is 1.35. The van der Waals surface area contributed by atoms with Crippen molar-refractivity contribution in [2.45, 2.75) is 49.9 Å². The fourth-order valence-electron chi connectivity index (χ4n) is 3.87. The molecule has 0 fully saturated rings. The van der Waals surface area contributed by atoms with Crippen LogP contribution in [0.3, 0.4) is 0 Å². The van der Waals surface area contributed by atoms with E-state index in [0.717, 1.165) is 41.0 Å². The van der Waals surface area contributed by atoms with Crippen LogP contribution in [0.2, 0.25) is 0 Å². The predicted molar refractivity (Wildman–Crippen MR) is 141 cm³/mol. The van der Waals surface area contributed by atoms with Gasteiger partial charge in [-0.2, -0.15) is 4.31 Å². The first kappa shape index (κ1) is 25.2. The van der Waals surface area contributed by atoms with E-state index in [1.165, 1.54) is 11.3 Å². The highest BCUT2D eigenvalue weighted by Gasteiger charge is 2.32. The van der Waals surface area contributed by atoms with Crippen molar-refractivity contribution in [3.8, 4) is 10.4 Å². The number of anilines is 1. The number of benzene rings is 2. The minimum absolute atomic E-state index is 0.0138. The molecule has 33 heavy (non-hydrogen) atoms. The van der Waals surface area contributed by atoms with E-state index in [-0.39, 0.29) is 6.04 Å². The Labute approximate surface area is 203 Å². The van der Waals surface area contributed by atoms with Gasteiger partial charge < -0.3 is 4.90 Å². The van der Waals surface area contributed by atoms with Crippen LogP contribution in [-0.2, 0) is 16.6 Å². The molecule has 1 atom stereocenters. The van der Waals surface area contributed by atoms with E-state index in [4.69, 9.17) is 0 Å². The average Bonchev–Trinajstić information content (AvgIpc) is 3.36. The number of thiophene rings is 1. The molecule has 3 aromatic rings. The lowest BCUT2D eigenvalue weighted by molar-refractivity contribution is 0.295. The van der Waals surface area contributed by atoms with Crippen molar-refractivity contribution in [2.24, 2.45) is 0 Å². The lowest BCUT2D eigenvalue weighted by Gasteiger charge is -2.31. The highest BCUT2D eigenvalue weighted by atomic mass is 32.2. The summed E-state index contributed by atoms with van der Waals surface area (Å²) in [5.74, 6) is 0. The fourth-order valence-corrected chi connectivity index (χ4v) is 6.96. The lowest BCUT2D eigenvalue weighted by Crippen LogP contribution is -2.39. The lowest BCUT2D eigenvalue weighted by atomic mass is 10.0. The van der Waals surface area contributed by atoms with E-state index in [9.17, 15) is 8.42 Å². The molecule has 1 heterocycles. The summed E-state index contributed by atoms with van der Waals surface area (Å²) in [7, 11) is 0.415. The number of sulfonamides is 1. The molecule has 6 heteroatoms. The van der Waals surface area contributed by atoms with Crippen molar-refractivity contribution in [2.75, 3.05) is 19.0 Å². The van der Waals surface area contributed by atoms with Crippen LogP contribution in [0.15, 0.2) is 83.1 Å². The molecule has 1 aromatic heterocycles. The molecular weight excluding hydrogens is 448 g/mol. The maximum absolute atomic E-state index is 13.7. The zero-order chi connectivity index (χ0) is 23.8. The van der Waals surface area contributed by atoms with Gasteiger partial charge in [-0.1, -0.05) is 68.5 Å². The topological polar surface area (TPSA) is 40.6 Å². The van der Waals surface area contributed by atoms with Gasteiger partial charge in [-0.3, -0.25) is 0 Å². The summed E-state index contributed by atoms with van der Waals surface area (Å²) in [6.07, 6.45) is 6.78. The Morgan fingerprint density at radius 3 is 2.21 bits per heavy atom. The molecule has 0 unspecified atom stereocenters. The van der Waals surface area contributed by atoms with Gasteiger partial charge in [0.05, 0.1) is 0 Å². The highest BCUT2D eigenvalue weighted by Crippen LogP contribution is 2.35. The Hall–Kier alpha value is -2.41. The zero-order valence-corrected chi connectivity index (χ0v) is 21.6. The molecule has 0 saturated carbocycles. The normalized spacial score (nSPS) is 15.7. The maximum atomic E-state index is 13.7. The van der Waals surface area contributed by atoms with E-state index < -0.39 is 10.0 Å². The Kier molecular flexibility index (Phi) is 8.89. The monoisotopic (exact) mass is 482 g/mol. The van der Waals surface area contributed by atoms with E-state index in [1.54, 1.807) is 10.4 Å². The largest absolute Gasteiger partial charge is 0.378 e. The molecule has 0 spiro atoms. The molecule has 0 bridgehead atoms. The first-order valence-electron chi connectivity index (χ1n) is 11.5. The van der Waals surface area contributed by atoms with Crippen LogP contribution < -0.4 is 4.90 Å². The van der Waals surface area contributed by atoms with Crippen molar-refractivity contribution in [3.05, 3.63) is 84.4 Å². The fraction of sp³-hybridized carbons (Fsp3) is 0.333. The number of nitrogens with zero attached hydrogens (tertiary/aromatic N) is 2.